The SMILES string of the molecule is CCOc1cc(-c2cc(NCCc3c(OCC)ccc4ccccc34)ncn2)ccc1C(=O)O. The van der Waals surface area contributed by atoms with Gasteiger partial charge in [-0.3, -0.25) is 0 Å². The molecule has 0 atom stereocenters. The third kappa shape index (κ3) is 5.09. The van der Waals surface area contributed by atoms with E-state index in [4.69, 9.17) is 9.47 Å². The fourth-order valence-electron chi connectivity index (χ4n) is 3.93. The predicted octanol–water partition coefficient (Wildman–Crippen LogP) is 5.45. The van der Waals surface area contributed by atoms with E-state index < -0.39 is 5.97 Å². The monoisotopic (exact) mass is 457 g/mol. The lowest BCUT2D eigenvalue weighted by atomic mass is 10.0. The number of hydrogen-bond acceptors (Lipinski definition) is 6. The number of carbonyl (C=O) groups is 1. The Morgan fingerprint density at radius 3 is 2.53 bits per heavy atom. The highest BCUT2D eigenvalue weighted by Crippen LogP contribution is 2.30. The van der Waals surface area contributed by atoms with Crippen LogP contribution < -0.4 is 14.8 Å². The summed E-state index contributed by atoms with van der Waals surface area (Å²) in [7, 11) is 0. The van der Waals surface area contributed by atoms with Crippen LogP contribution in [0.4, 0.5) is 5.82 Å². The van der Waals surface area contributed by atoms with Gasteiger partial charge in [-0.2, -0.15) is 0 Å². The Morgan fingerprint density at radius 2 is 1.74 bits per heavy atom. The fourth-order valence-corrected chi connectivity index (χ4v) is 3.93. The first-order chi connectivity index (χ1) is 16.6. The molecule has 1 heterocycles. The molecule has 0 fully saturated rings. The van der Waals surface area contributed by atoms with Gasteiger partial charge in [-0.1, -0.05) is 36.4 Å². The Hall–Kier alpha value is -4.13. The molecule has 0 aliphatic carbocycles. The second-order valence-corrected chi connectivity index (χ2v) is 7.61. The average molecular weight is 458 g/mol. The van der Waals surface area contributed by atoms with Crippen LogP contribution in [-0.4, -0.2) is 40.8 Å². The highest BCUT2D eigenvalue weighted by Gasteiger charge is 2.14. The molecule has 2 N–H and O–H groups in total. The summed E-state index contributed by atoms with van der Waals surface area (Å²) in [5, 5.41) is 15.1. The number of rotatable bonds is 10. The number of fused-ring (bicyclic) bond motifs is 1. The number of ether oxygens (including phenoxy) is 2. The van der Waals surface area contributed by atoms with E-state index in [-0.39, 0.29) is 5.56 Å². The third-order valence-corrected chi connectivity index (χ3v) is 5.45. The van der Waals surface area contributed by atoms with Crippen LogP contribution in [0.5, 0.6) is 11.5 Å². The zero-order valence-electron chi connectivity index (χ0n) is 19.2. The quantitative estimate of drug-likeness (QED) is 0.327. The first-order valence-corrected chi connectivity index (χ1v) is 11.3. The van der Waals surface area contributed by atoms with Crippen molar-refractivity contribution in [2.24, 2.45) is 0 Å². The number of aromatic carboxylic acids is 1. The first-order valence-electron chi connectivity index (χ1n) is 11.3. The molecule has 0 aliphatic heterocycles. The topological polar surface area (TPSA) is 93.6 Å². The molecular formula is C27H27N3O4. The lowest BCUT2D eigenvalue weighted by Crippen LogP contribution is -2.08. The molecule has 0 bridgehead atoms. The summed E-state index contributed by atoms with van der Waals surface area (Å²) >= 11 is 0. The van der Waals surface area contributed by atoms with E-state index in [1.54, 1.807) is 12.1 Å². The van der Waals surface area contributed by atoms with E-state index in [0.29, 0.717) is 37.0 Å². The van der Waals surface area contributed by atoms with Crippen LogP contribution in [0.2, 0.25) is 0 Å². The largest absolute Gasteiger partial charge is 0.494 e. The van der Waals surface area contributed by atoms with Crippen LogP contribution in [0.15, 0.2) is 67.0 Å². The molecule has 4 rings (SSSR count). The number of carboxylic acids is 1. The minimum Gasteiger partial charge on any atom is -0.494 e. The third-order valence-electron chi connectivity index (χ3n) is 5.45. The number of hydrogen-bond donors (Lipinski definition) is 2. The highest BCUT2D eigenvalue weighted by atomic mass is 16.5. The fraction of sp³-hybridized carbons (Fsp3) is 0.222. The van der Waals surface area contributed by atoms with Crippen LogP contribution in [0, 0.1) is 0 Å². The van der Waals surface area contributed by atoms with Crippen molar-refractivity contribution in [3.05, 3.63) is 78.1 Å². The summed E-state index contributed by atoms with van der Waals surface area (Å²) in [5.41, 5.74) is 2.72. The van der Waals surface area contributed by atoms with Gasteiger partial charge in [-0.05, 0) is 49.2 Å². The maximum atomic E-state index is 11.5. The lowest BCUT2D eigenvalue weighted by Gasteiger charge is -2.14. The van der Waals surface area contributed by atoms with Crippen molar-refractivity contribution in [3.63, 3.8) is 0 Å². The summed E-state index contributed by atoms with van der Waals surface area (Å²) < 4.78 is 11.4. The Labute approximate surface area is 198 Å². The van der Waals surface area contributed by atoms with Gasteiger partial charge in [0.05, 0.1) is 18.9 Å². The van der Waals surface area contributed by atoms with Crippen molar-refractivity contribution >= 4 is 22.6 Å². The number of nitrogens with zero attached hydrogens (tertiary/aromatic N) is 2. The van der Waals surface area contributed by atoms with Crippen LogP contribution in [0.25, 0.3) is 22.0 Å². The minimum atomic E-state index is -1.03. The van der Waals surface area contributed by atoms with Gasteiger partial charge in [-0.15, -0.1) is 0 Å². The Morgan fingerprint density at radius 1 is 0.941 bits per heavy atom. The summed E-state index contributed by atoms with van der Waals surface area (Å²) in [6.07, 6.45) is 2.25. The Bertz CT molecular complexity index is 1310. The van der Waals surface area contributed by atoms with Crippen molar-refractivity contribution in [1.82, 2.24) is 9.97 Å². The normalized spacial score (nSPS) is 10.8. The smallest absolute Gasteiger partial charge is 0.339 e. The summed E-state index contributed by atoms with van der Waals surface area (Å²) in [6, 6.07) is 19.2. The standard InChI is InChI=1S/C27H27N3O4/c1-3-33-24-12-10-18-7-5-6-8-20(18)21(24)13-14-28-26-16-23(29-17-30-26)19-9-11-22(27(31)32)25(15-19)34-4-2/h5-12,15-17H,3-4,13-14H2,1-2H3,(H,31,32)(H,28,29,30). The summed E-state index contributed by atoms with van der Waals surface area (Å²) in [4.78, 5) is 20.2. The maximum absolute atomic E-state index is 11.5. The molecular weight excluding hydrogens is 430 g/mol. The number of carboxylic acid groups (broad SMARTS) is 1. The van der Waals surface area contributed by atoms with Gasteiger partial charge < -0.3 is 19.9 Å². The van der Waals surface area contributed by atoms with Crippen molar-refractivity contribution < 1.29 is 19.4 Å². The van der Waals surface area contributed by atoms with E-state index in [1.165, 1.54) is 23.2 Å². The number of aromatic nitrogens is 2. The zero-order chi connectivity index (χ0) is 23.9. The molecule has 174 valence electrons. The Balaban J connectivity index is 1.53. The maximum Gasteiger partial charge on any atom is 0.339 e. The van der Waals surface area contributed by atoms with Gasteiger partial charge in [0.1, 0.15) is 29.2 Å². The van der Waals surface area contributed by atoms with E-state index in [9.17, 15) is 9.90 Å². The molecule has 4 aromatic rings. The Kier molecular flexibility index (Phi) is 7.22. The molecule has 0 radical (unpaired) electrons. The van der Waals surface area contributed by atoms with E-state index in [1.807, 2.05) is 38.1 Å². The molecule has 7 heteroatoms. The van der Waals surface area contributed by atoms with E-state index >= 15 is 0 Å². The van der Waals surface area contributed by atoms with Gasteiger partial charge >= 0.3 is 5.97 Å². The van der Waals surface area contributed by atoms with Crippen molar-refractivity contribution in [1.29, 1.82) is 0 Å². The first kappa shape index (κ1) is 23.0. The second kappa shape index (κ2) is 10.7. The minimum absolute atomic E-state index is 0.123. The molecule has 0 unspecified atom stereocenters. The molecule has 0 spiro atoms. The number of benzene rings is 3. The van der Waals surface area contributed by atoms with Crippen molar-refractivity contribution in [3.8, 4) is 22.8 Å². The highest BCUT2D eigenvalue weighted by molar-refractivity contribution is 5.92. The van der Waals surface area contributed by atoms with Gasteiger partial charge in [0, 0.05) is 23.7 Å². The molecule has 0 aliphatic rings. The van der Waals surface area contributed by atoms with Crippen LogP contribution in [0.1, 0.15) is 29.8 Å². The second-order valence-electron chi connectivity index (χ2n) is 7.61. The van der Waals surface area contributed by atoms with Gasteiger partial charge in [0.2, 0.25) is 0 Å². The zero-order valence-corrected chi connectivity index (χ0v) is 19.2. The van der Waals surface area contributed by atoms with Crippen LogP contribution >= 0.6 is 0 Å². The van der Waals surface area contributed by atoms with Crippen LogP contribution in [0.3, 0.4) is 0 Å². The van der Waals surface area contributed by atoms with Crippen molar-refractivity contribution in [2.45, 2.75) is 20.3 Å². The molecule has 0 amide bonds. The van der Waals surface area contributed by atoms with Gasteiger partial charge in [0.15, 0.2) is 0 Å². The average Bonchev–Trinajstić information content (AvgIpc) is 2.85. The summed E-state index contributed by atoms with van der Waals surface area (Å²) in [6.45, 7) is 5.45. The number of nitrogens with one attached hydrogen (secondary N) is 1. The van der Waals surface area contributed by atoms with Crippen molar-refractivity contribution in [2.75, 3.05) is 25.1 Å². The molecule has 1 aromatic heterocycles. The molecule has 7 nitrogen and oxygen atoms in total. The van der Waals surface area contributed by atoms with E-state index in [0.717, 1.165) is 23.3 Å². The van der Waals surface area contributed by atoms with Gasteiger partial charge in [-0.25, -0.2) is 14.8 Å². The molecule has 0 saturated carbocycles. The molecule has 3 aromatic carbocycles. The summed E-state index contributed by atoms with van der Waals surface area (Å²) in [5.74, 6) is 0.872. The predicted molar refractivity (Wildman–Crippen MR) is 133 cm³/mol. The molecule has 34 heavy (non-hydrogen) atoms. The van der Waals surface area contributed by atoms with Gasteiger partial charge in [0.25, 0.3) is 0 Å². The van der Waals surface area contributed by atoms with Crippen LogP contribution in [-0.2, 0) is 6.42 Å². The molecule has 0 saturated heterocycles. The van der Waals surface area contributed by atoms with E-state index in [2.05, 4.69) is 33.5 Å². The number of anilines is 1. The lowest BCUT2D eigenvalue weighted by molar-refractivity contribution is 0.0692.